The summed E-state index contributed by atoms with van der Waals surface area (Å²) in [5, 5.41) is 4.11. The number of piperazine rings is 1. The van der Waals surface area contributed by atoms with Crippen molar-refractivity contribution in [2.24, 2.45) is 0 Å². The van der Waals surface area contributed by atoms with E-state index in [1.54, 1.807) is 4.90 Å². The zero-order valence-corrected chi connectivity index (χ0v) is 12.3. The summed E-state index contributed by atoms with van der Waals surface area (Å²) in [5.74, 6) is 0. The van der Waals surface area contributed by atoms with Gasteiger partial charge in [0.25, 0.3) is 0 Å². The van der Waals surface area contributed by atoms with Crippen LogP contribution >= 0.6 is 28.1 Å². The van der Waals surface area contributed by atoms with Gasteiger partial charge < -0.3 is 15.1 Å². The largest absolute Gasteiger partial charge is 0.338 e. The van der Waals surface area contributed by atoms with Crippen molar-refractivity contribution in [2.45, 2.75) is 0 Å². The minimum Gasteiger partial charge on any atom is -0.338 e. The van der Waals surface area contributed by atoms with E-state index in [4.69, 9.17) is 12.2 Å². The predicted molar refractivity (Wildman–Crippen MR) is 78.6 cm³/mol. The summed E-state index contributed by atoms with van der Waals surface area (Å²) >= 11 is 8.88. The maximum absolute atomic E-state index is 5.43. The highest BCUT2D eigenvalue weighted by atomic mass is 79.9. The molecule has 1 saturated heterocycles. The number of anilines is 1. The molecule has 0 bridgehead atoms. The number of rotatable bonds is 1. The first-order valence-corrected chi connectivity index (χ1v) is 6.98. The van der Waals surface area contributed by atoms with Crippen LogP contribution in [0.3, 0.4) is 0 Å². The Kier molecular flexibility index (Phi) is 4.36. The Labute approximate surface area is 116 Å². The van der Waals surface area contributed by atoms with E-state index in [2.05, 4.69) is 33.2 Å². The Morgan fingerprint density at radius 3 is 2.76 bits per heavy atom. The second-order valence-corrected chi connectivity index (χ2v) is 5.69. The van der Waals surface area contributed by atoms with Crippen molar-refractivity contribution in [1.82, 2.24) is 4.90 Å². The van der Waals surface area contributed by atoms with Crippen molar-refractivity contribution in [2.75, 3.05) is 38.5 Å². The summed E-state index contributed by atoms with van der Waals surface area (Å²) in [6.07, 6.45) is 0. The number of halogens is 1. The second-order valence-electron chi connectivity index (χ2n) is 4.38. The van der Waals surface area contributed by atoms with Gasteiger partial charge in [-0.05, 0) is 30.4 Å². The average Bonchev–Trinajstić information content (AvgIpc) is 2.29. The third kappa shape index (κ3) is 3.66. The molecule has 0 unspecified atom stereocenters. The van der Waals surface area contributed by atoms with E-state index in [0.717, 1.165) is 41.5 Å². The topological polar surface area (TPSA) is 19.7 Å². The third-order valence-electron chi connectivity index (χ3n) is 2.98. The molecule has 0 radical (unpaired) electrons. The smallest absolute Gasteiger partial charge is 0.173 e. The Hall–Kier alpha value is -0.650. The number of nitrogens with zero attached hydrogens (tertiary/aromatic N) is 1. The van der Waals surface area contributed by atoms with Crippen LogP contribution in [0.2, 0.25) is 0 Å². The number of quaternary nitrogens is 1. The van der Waals surface area contributed by atoms with Crippen LogP contribution in [-0.2, 0) is 0 Å². The van der Waals surface area contributed by atoms with Gasteiger partial charge in [0.15, 0.2) is 5.11 Å². The van der Waals surface area contributed by atoms with Crippen LogP contribution in [0.15, 0.2) is 28.7 Å². The van der Waals surface area contributed by atoms with E-state index in [9.17, 15) is 0 Å². The van der Waals surface area contributed by atoms with Gasteiger partial charge >= 0.3 is 0 Å². The number of nitrogens with one attached hydrogen (secondary N) is 2. The van der Waals surface area contributed by atoms with Gasteiger partial charge in [0.1, 0.15) is 0 Å². The highest BCUT2D eigenvalue weighted by molar-refractivity contribution is 9.10. The second kappa shape index (κ2) is 5.80. The molecule has 1 fully saturated rings. The van der Waals surface area contributed by atoms with Crippen LogP contribution in [0.4, 0.5) is 5.69 Å². The molecule has 1 aromatic rings. The Bertz CT molecular complexity index is 402. The van der Waals surface area contributed by atoms with Crippen molar-refractivity contribution in [3.05, 3.63) is 28.7 Å². The lowest BCUT2D eigenvalue weighted by Gasteiger charge is -2.32. The van der Waals surface area contributed by atoms with Gasteiger partial charge in [-0.25, -0.2) is 0 Å². The predicted octanol–water partition coefficient (Wildman–Crippen LogP) is 0.976. The first kappa shape index (κ1) is 12.8. The van der Waals surface area contributed by atoms with Gasteiger partial charge in [-0.2, -0.15) is 0 Å². The molecule has 5 heteroatoms. The molecule has 2 N–H and O–H groups in total. The lowest BCUT2D eigenvalue weighted by Crippen LogP contribution is -3.12. The first-order valence-electron chi connectivity index (χ1n) is 5.78. The summed E-state index contributed by atoms with van der Waals surface area (Å²) in [6, 6.07) is 8.07. The number of hydrogen-bond acceptors (Lipinski definition) is 1. The SMILES string of the molecule is C[NH+]1CCN(C(=S)Nc2cccc(Br)c2)CC1. The highest BCUT2D eigenvalue weighted by Crippen LogP contribution is 2.16. The van der Waals surface area contributed by atoms with Gasteiger partial charge in [0, 0.05) is 10.2 Å². The summed E-state index contributed by atoms with van der Waals surface area (Å²) in [5.41, 5.74) is 1.04. The minimum atomic E-state index is 0.829. The van der Waals surface area contributed by atoms with Crippen LogP contribution in [0.5, 0.6) is 0 Å². The molecule has 17 heavy (non-hydrogen) atoms. The summed E-state index contributed by atoms with van der Waals surface area (Å²) in [4.78, 5) is 3.81. The molecule has 3 nitrogen and oxygen atoms in total. The van der Waals surface area contributed by atoms with Crippen LogP contribution in [0.25, 0.3) is 0 Å². The van der Waals surface area contributed by atoms with Crippen LogP contribution < -0.4 is 10.2 Å². The molecular formula is C12H17BrN3S+. The van der Waals surface area contributed by atoms with Crippen molar-refractivity contribution in [3.63, 3.8) is 0 Å². The molecule has 2 rings (SSSR count). The van der Waals surface area contributed by atoms with Gasteiger partial charge in [-0.1, -0.05) is 22.0 Å². The fourth-order valence-corrected chi connectivity index (χ4v) is 2.56. The number of benzene rings is 1. The highest BCUT2D eigenvalue weighted by Gasteiger charge is 2.18. The fourth-order valence-electron chi connectivity index (χ4n) is 1.86. The third-order valence-corrected chi connectivity index (χ3v) is 3.83. The van der Waals surface area contributed by atoms with Crippen molar-refractivity contribution in [3.8, 4) is 0 Å². The molecule has 92 valence electrons. The molecule has 0 atom stereocenters. The van der Waals surface area contributed by atoms with Crippen molar-refractivity contribution in [1.29, 1.82) is 0 Å². The van der Waals surface area contributed by atoms with Gasteiger partial charge in [-0.15, -0.1) is 0 Å². The molecule has 0 spiro atoms. The lowest BCUT2D eigenvalue weighted by molar-refractivity contribution is -0.883. The molecule has 1 aliphatic heterocycles. The molecule has 0 aliphatic carbocycles. The Morgan fingerprint density at radius 2 is 2.12 bits per heavy atom. The van der Waals surface area contributed by atoms with Crippen LogP contribution in [0, 0.1) is 0 Å². The zero-order chi connectivity index (χ0) is 12.3. The van der Waals surface area contributed by atoms with E-state index in [1.165, 1.54) is 0 Å². The van der Waals surface area contributed by atoms with E-state index in [-0.39, 0.29) is 0 Å². The average molecular weight is 315 g/mol. The van der Waals surface area contributed by atoms with E-state index < -0.39 is 0 Å². The van der Waals surface area contributed by atoms with E-state index >= 15 is 0 Å². The fraction of sp³-hybridized carbons (Fsp3) is 0.417. The quantitative estimate of drug-likeness (QED) is 0.754. The first-order chi connectivity index (χ1) is 8.15. The van der Waals surface area contributed by atoms with Gasteiger partial charge in [-0.3, -0.25) is 0 Å². The minimum absolute atomic E-state index is 0.829. The standard InChI is InChI=1S/C12H16BrN3S/c1-15-5-7-16(8-6-15)12(17)14-11-4-2-3-10(13)9-11/h2-4,9H,5-8H2,1H3,(H,14,17)/p+1. The molecule has 0 amide bonds. The normalized spacial score (nSPS) is 16.9. The summed E-state index contributed by atoms with van der Waals surface area (Å²) in [6.45, 7) is 4.37. The number of likely N-dealkylation sites (N-methyl/N-ethyl adjacent to an activating group) is 1. The monoisotopic (exact) mass is 314 g/mol. The molecular weight excluding hydrogens is 298 g/mol. The van der Waals surface area contributed by atoms with E-state index in [1.807, 2.05) is 24.3 Å². The van der Waals surface area contributed by atoms with Gasteiger partial charge in [0.05, 0.1) is 33.2 Å². The lowest BCUT2D eigenvalue weighted by atomic mass is 10.3. The van der Waals surface area contributed by atoms with Crippen LogP contribution in [0.1, 0.15) is 0 Å². The molecule has 1 aromatic carbocycles. The van der Waals surface area contributed by atoms with E-state index in [0.29, 0.717) is 0 Å². The molecule has 0 saturated carbocycles. The summed E-state index contributed by atoms with van der Waals surface area (Å²) < 4.78 is 1.06. The van der Waals surface area contributed by atoms with Crippen LogP contribution in [-0.4, -0.2) is 43.2 Å². The van der Waals surface area contributed by atoms with Crippen molar-refractivity contribution < 1.29 is 4.90 Å². The number of thiocarbonyl (C=S) groups is 1. The maximum atomic E-state index is 5.43. The maximum Gasteiger partial charge on any atom is 0.173 e. The zero-order valence-electron chi connectivity index (χ0n) is 9.87. The molecule has 1 heterocycles. The molecule has 1 aliphatic rings. The van der Waals surface area contributed by atoms with Crippen molar-refractivity contribution >= 4 is 38.9 Å². The Morgan fingerprint density at radius 1 is 1.41 bits per heavy atom. The number of hydrogen-bond donors (Lipinski definition) is 2. The molecule has 0 aromatic heterocycles. The van der Waals surface area contributed by atoms with Gasteiger partial charge in [0.2, 0.25) is 0 Å². The Balaban J connectivity index is 1.93. The summed E-state index contributed by atoms with van der Waals surface area (Å²) in [7, 11) is 2.22.